The van der Waals surface area contributed by atoms with E-state index in [-0.39, 0.29) is 24.2 Å². The van der Waals surface area contributed by atoms with Gasteiger partial charge in [0.1, 0.15) is 11.6 Å². The van der Waals surface area contributed by atoms with Gasteiger partial charge in [-0.3, -0.25) is 9.69 Å². The molecule has 0 bridgehead atoms. The minimum atomic E-state index is -0.772. The Morgan fingerprint density at radius 1 is 1.48 bits per heavy atom. The molecule has 1 aromatic carbocycles. The molecule has 2 atom stereocenters. The highest BCUT2D eigenvalue weighted by Gasteiger charge is 2.28. The van der Waals surface area contributed by atoms with Crippen LogP contribution in [-0.2, 0) is 4.79 Å². The molecule has 116 valence electrons. The summed E-state index contributed by atoms with van der Waals surface area (Å²) in [5.74, 6) is -1.31. The highest BCUT2D eigenvalue weighted by atomic mass is 19.1. The van der Waals surface area contributed by atoms with Gasteiger partial charge in [0.05, 0.1) is 12.2 Å². The average molecular weight is 297 g/mol. The lowest BCUT2D eigenvalue weighted by Gasteiger charge is -2.38. The van der Waals surface area contributed by atoms with Crippen molar-refractivity contribution in [1.82, 2.24) is 4.90 Å². The first-order valence-electron chi connectivity index (χ1n) is 7.20. The van der Waals surface area contributed by atoms with Crippen molar-refractivity contribution in [3.8, 4) is 0 Å². The van der Waals surface area contributed by atoms with Crippen LogP contribution in [0.2, 0.25) is 0 Å². The van der Waals surface area contributed by atoms with Crippen molar-refractivity contribution in [2.75, 3.05) is 25.0 Å². The van der Waals surface area contributed by atoms with Gasteiger partial charge in [-0.05, 0) is 37.4 Å². The van der Waals surface area contributed by atoms with Crippen LogP contribution in [-0.4, -0.2) is 36.5 Å². The number of rotatable bonds is 4. The smallest absolute Gasteiger partial charge is 0.238 e. The maximum atomic E-state index is 13.5. The Bertz CT molecular complexity index is 510. The molecule has 0 radical (unpaired) electrons. The van der Waals surface area contributed by atoms with Gasteiger partial charge < -0.3 is 11.1 Å². The molecule has 4 nitrogen and oxygen atoms in total. The molecule has 1 aliphatic rings. The molecule has 1 fully saturated rings. The Balaban J connectivity index is 1.97. The molecule has 1 amide bonds. The molecular formula is C15H21F2N3O. The van der Waals surface area contributed by atoms with E-state index in [9.17, 15) is 13.6 Å². The molecule has 3 N–H and O–H groups in total. The van der Waals surface area contributed by atoms with Crippen molar-refractivity contribution >= 4 is 11.6 Å². The summed E-state index contributed by atoms with van der Waals surface area (Å²) in [4.78, 5) is 14.1. The second kappa shape index (κ2) is 6.95. The third-order valence-corrected chi connectivity index (χ3v) is 4.02. The molecule has 0 aromatic heterocycles. The van der Waals surface area contributed by atoms with E-state index >= 15 is 0 Å². The van der Waals surface area contributed by atoms with Crippen LogP contribution in [0.5, 0.6) is 0 Å². The fraction of sp³-hybridized carbons (Fsp3) is 0.533. The first-order valence-corrected chi connectivity index (χ1v) is 7.20. The van der Waals surface area contributed by atoms with Gasteiger partial charge in [-0.25, -0.2) is 8.78 Å². The summed E-state index contributed by atoms with van der Waals surface area (Å²) in [6.07, 6.45) is 2.13. The lowest BCUT2D eigenvalue weighted by atomic mass is 9.91. The van der Waals surface area contributed by atoms with Crippen molar-refractivity contribution in [2.24, 2.45) is 11.7 Å². The maximum absolute atomic E-state index is 13.5. The maximum Gasteiger partial charge on any atom is 0.238 e. The highest BCUT2D eigenvalue weighted by Crippen LogP contribution is 2.22. The van der Waals surface area contributed by atoms with Crippen LogP contribution in [0.15, 0.2) is 18.2 Å². The zero-order valence-electron chi connectivity index (χ0n) is 12.1. The fourth-order valence-electron chi connectivity index (χ4n) is 2.88. The SMILES string of the molecule is CC1CCCN(CC(=O)Nc2ccc(F)cc2F)C1CN. The molecule has 0 aliphatic carbocycles. The first-order chi connectivity index (χ1) is 10.0. The first kappa shape index (κ1) is 15.9. The predicted molar refractivity (Wildman–Crippen MR) is 77.8 cm³/mol. The van der Waals surface area contributed by atoms with E-state index in [1.54, 1.807) is 0 Å². The third kappa shape index (κ3) is 3.98. The standard InChI is InChI=1S/C15H21F2N3O/c1-10-3-2-6-20(14(10)8-18)9-15(21)19-13-5-4-11(16)7-12(13)17/h4-5,7,10,14H,2-3,6,8-9,18H2,1H3,(H,19,21). The average Bonchev–Trinajstić information content (AvgIpc) is 2.42. The van der Waals surface area contributed by atoms with E-state index in [4.69, 9.17) is 5.73 Å². The molecule has 1 saturated heterocycles. The number of nitrogens with zero attached hydrogens (tertiary/aromatic N) is 1. The third-order valence-electron chi connectivity index (χ3n) is 4.02. The summed E-state index contributed by atoms with van der Waals surface area (Å²) < 4.78 is 26.3. The number of halogens is 2. The van der Waals surface area contributed by atoms with E-state index in [0.717, 1.165) is 31.5 Å². The van der Waals surface area contributed by atoms with Gasteiger partial charge >= 0.3 is 0 Å². The predicted octanol–water partition coefficient (Wildman–Crippen LogP) is 1.96. The summed E-state index contributed by atoms with van der Waals surface area (Å²) in [6.45, 7) is 3.61. The summed E-state index contributed by atoms with van der Waals surface area (Å²) in [5.41, 5.74) is 5.77. The number of likely N-dealkylation sites (tertiary alicyclic amines) is 1. The largest absolute Gasteiger partial charge is 0.329 e. The van der Waals surface area contributed by atoms with E-state index in [1.165, 1.54) is 6.07 Å². The quantitative estimate of drug-likeness (QED) is 0.893. The van der Waals surface area contributed by atoms with Crippen molar-refractivity contribution in [2.45, 2.75) is 25.8 Å². The summed E-state index contributed by atoms with van der Waals surface area (Å²) >= 11 is 0. The number of nitrogens with one attached hydrogen (secondary N) is 1. The number of piperidine rings is 1. The molecule has 0 spiro atoms. The molecule has 1 heterocycles. The molecule has 1 aliphatic heterocycles. The second-order valence-electron chi connectivity index (χ2n) is 5.57. The summed E-state index contributed by atoms with van der Waals surface area (Å²) in [6, 6.07) is 3.26. The molecule has 2 rings (SSSR count). The molecule has 6 heteroatoms. The lowest BCUT2D eigenvalue weighted by molar-refractivity contribution is -0.118. The minimum Gasteiger partial charge on any atom is -0.329 e. The van der Waals surface area contributed by atoms with Crippen LogP contribution in [0.4, 0.5) is 14.5 Å². The Kier molecular flexibility index (Phi) is 5.25. The molecule has 0 saturated carbocycles. The molecule has 1 aromatic rings. The van der Waals surface area contributed by atoms with Gasteiger partial charge in [-0.15, -0.1) is 0 Å². The number of carbonyl (C=O) groups is 1. The normalized spacial score (nSPS) is 23.0. The lowest BCUT2D eigenvalue weighted by Crippen LogP contribution is -2.51. The monoisotopic (exact) mass is 297 g/mol. The number of hydrogen-bond acceptors (Lipinski definition) is 3. The van der Waals surface area contributed by atoms with Gasteiger partial charge in [0.15, 0.2) is 0 Å². The Morgan fingerprint density at radius 3 is 2.90 bits per heavy atom. The van der Waals surface area contributed by atoms with Crippen LogP contribution < -0.4 is 11.1 Å². The zero-order chi connectivity index (χ0) is 15.4. The number of amides is 1. The van der Waals surface area contributed by atoms with Gasteiger partial charge in [0.25, 0.3) is 0 Å². The van der Waals surface area contributed by atoms with Crippen LogP contribution in [0.3, 0.4) is 0 Å². The number of anilines is 1. The van der Waals surface area contributed by atoms with Gasteiger partial charge in [0.2, 0.25) is 5.91 Å². The molecule has 21 heavy (non-hydrogen) atoms. The van der Waals surface area contributed by atoms with Crippen LogP contribution in [0.1, 0.15) is 19.8 Å². The summed E-state index contributed by atoms with van der Waals surface area (Å²) in [5, 5.41) is 2.48. The highest BCUT2D eigenvalue weighted by molar-refractivity contribution is 5.92. The van der Waals surface area contributed by atoms with Crippen molar-refractivity contribution < 1.29 is 13.6 Å². The Labute approximate surface area is 123 Å². The van der Waals surface area contributed by atoms with Gasteiger partial charge in [-0.2, -0.15) is 0 Å². The van der Waals surface area contributed by atoms with Crippen molar-refractivity contribution in [3.63, 3.8) is 0 Å². The van der Waals surface area contributed by atoms with E-state index < -0.39 is 11.6 Å². The van der Waals surface area contributed by atoms with Crippen molar-refractivity contribution in [1.29, 1.82) is 0 Å². The minimum absolute atomic E-state index is 0.00393. The molecule has 2 unspecified atom stereocenters. The molecular weight excluding hydrogens is 276 g/mol. The van der Waals surface area contributed by atoms with Gasteiger partial charge in [-0.1, -0.05) is 6.92 Å². The summed E-state index contributed by atoms with van der Waals surface area (Å²) in [7, 11) is 0. The van der Waals surface area contributed by atoms with Crippen LogP contribution >= 0.6 is 0 Å². The zero-order valence-corrected chi connectivity index (χ0v) is 12.1. The van der Waals surface area contributed by atoms with E-state index in [0.29, 0.717) is 12.5 Å². The number of hydrogen-bond donors (Lipinski definition) is 2. The number of nitrogens with two attached hydrogens (primary N) is 1. The second-order valence-corrected chi connectivity index (χ2v) is 5.57. The Morgan fingerprint density at radius 2 is 2.24 bits per heavy atom. The fourth-order valence-corrected chi connectivity index (χ4v) is 2.88. The van der Waals surface area contributed by atoms with E-state index in [1.807, 2.05) is 4.90 Å². The van der Waals surface area contributed by atoms with Crippen molar-refractivity contribution in [3.05, 3.63) is 29.8 Å². The van der Waals surface area contributed by atoms with E-state index in [2.05, 4.69) is 12.2 Å². The Hall–Kier alpha value is -1.53. The number of carbonyl (C=O) groups excluding carboxylic acids is 1. The topological polar surface area (TPSA) is 58.4 Å². The number of benzene rings is 1. The van der Waals surface area contributed by atoms with Crippen LogP contribution in [0, 0.1) is 17.6 Å². The van der Waals surface area contributed by atoms with Gasteiger partial charge in [0, 0.05) is 18.7 Å². The van der Waals surface area contributed by atoms with Crippen LogP contribution in [0.25, 0.3) is 0 Å².